The fourth-order valence-electron chi connectivity index (χ4n) is 3.20. The van der Waals surface area contributed by atoms with Crippen LogP contribution in [0.2, 0.25) is 0 Å². The zero-order valence-electron chi connectivity index (χ0n) is 17.3. The van der Waals surface area contributed by atoms with Gasteiger partial charge in [-0.1, -0.05) is 6.07 Å². The zero-order valence-corrected chi connectivity index (χ0v) is 17.3. The molecule has 7 nitrogen and oxygen atoms in total. The van der Waals surface area contributed by atoms with Crippen LogP contribution >= 0.6 is 0 Å². The summed E-state index contributed by atoms with van der Waals surface area (Å²) in [4.78, 5) is 7.89. The monoisotopic (exact) mass is 453 g/mol. The van der Waals surface area contributed by atoms with Crippen molar-refractivity contribution in [1.29, 1.82) is 5.26 Å². The second kappa shape index (κ2) is 9.08. The molecular formula is C23H18F3N5O2. The van der Waals surface area contributed by atoms with Crippen LogP contribution in [0.1, 0.15) is 34.2 Å². The number of halogens is 3. The first-order chi connectivity index (χ1) is 15.9. The number of ether oxygens (including phenoxy) is 2. The van der Waals surface area contributed by atoms with Crippen LogP contribution in [0, 0.1) is 11.3 Å². The van der Waals surface area contributed by atoms with Gasteiger partial charge in [0.2, 0.25) is 0 Å². The SMILES string of the molecule is COc1cc(OCc2ccc(C(F)(F)F)cn2)ccc1C1=CNC(c2ccc(C#N)nc2)N1. The van der Waals surface area contributed by atoms with E-state index in [1.165, 1.54) is 13.2 Å². The Kier molecular flexibility index (Phi) is 6.04. The molecular weight excluding hydrogens is 435 g/mol. The molecule has 33 heavy (non-hydrogen) atoms. The Morgan fingerprint density at radius 3 is 2.58 bits per heavy atom. The van der Waals surface area contributed by atoms with Gasteiger partial charge in [0.15, 0.2) is 0 Å². The van der Waals surface area contributed by atoms with Crippen LogP contribution in [0.25, 0.3) is 5.70 Å². The van der Waals surface area contributed by atoms with Crippen molar-refractivity contribution in [2.75, 3.05) is 7.11 Å². The van der Waals surface area contributed by atoms with Gasteiger partial charge in [0.1, 0.15) is 36.0 Å². The van der Waals surface area contributed by atoms with Crippen molar-refractivity contribution in [1.82, 2.24) is 20.6 Å². The van der Waals surface area contributed by atoms with Gasteiger partial charge in [-0.2, -0.15) is 18.4 Å². The second-order valence-corrected chi connectivity index (χ2v) is 7.08. The van der Waals surface area contributed by atoms with Gasteiger partial charge < -0.3 is 20.1 Å². The molecule has 3 heterocycles. The number of nitrogens with one attached hydrogen (secondary N) is 2. The molecule has 0 saturated heterocycles. The van der Waals surface area contributed by atoms with E-state index >= 15 is 0 Å². The van der Waals surface area contributed by atoms with Crippen LogP contribution in [0.4, 0.5) is 13.2 Å². The summed E-state index contributed by atoms with van der Waals surface area (Å²) in [6, 6.07) is 12.9. The van der Waals surface area contributed by atoms with E-state index in [-0.39, 0.29) is 12.8 Å². The highest BCUT2D eigenvalue weighted by Gasteiger charge is 2.30. The molecule has 0 amide bonds. The summed E-state index contributed by atoms with van der Waals surface area (Å²) in [6.45, 7) is 0.0108. The van der Waals surface area contributed by atoms with Crippen LogP contribution in [0.5, 0.6) is 11.5 Å². The average molecular weight is 453 g/mol. The minimum Gasteiger partial charge on any atom is -0.496 e. The number of alkyl halides is 3. The molecule has 2 aromatic heterocycles. The van der Waals surface area contributed by atoms with Gasteiger partial charge in [0.05, 0.1) is 24.1 Å². The van der Waals surface area contributed by atoms with Crippen molar-refractivity contribution in [3.8, 4) is 17.6 Å². The molecule has 1 atom stereocenters. The smallest absolute Gasteiger partial charge is 0.417 e. The Hall–Kier alpha value is -4.26. The predicted molar refractivity (Wildman–Crippen MR) is 113 cm³/mol. The first kappa shape index (κ1) is 22.0. The quantitative estimate of drug-likeness (QED) is 0.580. The Bertz CT molecular complexity index is 1200. The number of pyridine rings is 2. The lowest BCUT2D eigenvalue weighted by atomic mass is 10.1. The maximum Gasteiger partial charge on any atom is 0.417 e. The third-order valence-corrected chi connectivity index (χ3v) is 4.93. The molecule has 1 aliphatic heterocycles. The molecule has 0 saturated carbocycles. The van der Waals surface area contributed by atoms with Gasteiger partial charge in [0, 0.05) is 35.8 Å². The highest BCUT2D eigenvalue weighted by Crippen LogP contribution is 2.32. The Labute approximate surface area is 187 Å². The number of hydrogen-bond donors (Lipinski definition) is 2. The molecule has 4 rings (SSSR count). The molecule has 0 radical (unpaired) electrons. The second-order valence-electron chi connectivity index (χ2n) is 7.08. The molecule has 0 spiro atoms. The van der Waals surface area contributed by atoms with Crippen molar-refractivity contribution in [2.45, 2.75) is 18.9 Å². The van der Waals surface area contributed by atoms with Crippen molar-refractivity contribution in [3.05, 3.63) is 89.1 Å². The average Bonchev–Trinajstić information content (AvgIpc) is 3.32. The van der Waals surface area contributed by atoms with E-state index in [4.69, 9.17) is 14.7 Å². The van der Waals surface area contributed by atoms with Gasteiger partial charge in [-0.15, -0.1) is 0 Å². The molecule has 168 valence electrons. The van der Waals surface area contributed by atoms with Crippen LogP contribution < -0.4 is 20.1 Å². The summed E-state index contributed by atoms with van der Waals surface area (Å²) in [5.74, 6) is 1.03. The number of benzene rings is 1. The minimum absolute atomic E-state index is 0.0108. The van der Waals surface area contributed by atoms with Gasteiger partial charge in [-0.3, -0.25) is 4.98 Å². The first-order valence-corrected chi connectivity index (χ1v) is 9.79. The highest BCUT2D eigenvalue weighted by atomic mass is 19.4. The van der Waals surface area contributed by atoms with E-state index in [0.717, 1.165) is 29.1 Å². The summed E-state index contributed by atoms with van der Waals surface area (Å²) in [6.07, 6.45) is -0.417. The van der Waals surface area contributed by atoms with E-state index in [9.17, 15) is 13.2 Å². The van der Waals surface area contributed by atoms with Gasteiger partial charge in [0.25, 0.3) is 0 Å². The first-order valence-electron chi connectivity index (χ1n) is 9.79. The van der Waals surface area contributed by atoms with Gasteiger partial charge in [-0.05, 0) is 30.3 Å². The van der Waals surface area contributed by atoms with Crippen molar-refractivity contribution >= 4 is 5.70 Å². The Balaban J connectivity index is 1.42. The molecule has 10 heteroatoms. The molecule has 3 aromatic rings. The normalized spacial score (nSPS) is 15.1. The number of aromatic nitrogens is 2. The molecule has 0 fully saturated rings. The predicted octanol–water partition coefficient (Wildman–Crippen LogP) is 4.14. The Morgan fingerprint density at radius 1 is 1.09 bits per heavy atom. The maximum atomic E-state index is 12.7. The lowest BCUT2D eigenvalue weighted by Gasteiger charge is -2.16. The van der Waals surface area contributed by atoms with E-state index in [1.807, 2.05) is 24.4 Å². The van der Waals surface area contributed by atoms with E-state index in [2.05, 4.69) is 20.6 Å². The summed E-state index contributed by atoms with van der Waals surface area (Å²) < 4.78 is 49.1. The van der Waals surface area contributed by atoms with Crippen LogP contribution in [0.3, 0.4) is 0 Å². The summed E-state index contributed by atoms with van der Waals surface area (Å²) in [7, 11) is 1.53. The van der Waals surface area contributed by atoms with Crippen molar-refractivity contribution in [3.63, 3.8) is 0 Å². The number of methoxy groups -OCH3 is 1. The van der Waals surface area contributed by atoms with Gasteiger partial charge >= 0.3 is 6.18 Å². The zero-order chi connectivity index (χ0) is 23.4. The summed E-state index contributed by atoms with van der Waals surface area (Å²) in [5, 5.41) is 15.4. The third-order valence-electron chi connectivity index (χ3n) is 4.93. The summed E-state index contributed by atoms with van der Waals surface area (Å²) in [5.41, 5.74) is 2.34. The van der Waals surface area contributed by atoms with Crippen molar-refractivity contribution < 1.29 is 22.6 Å². The third kappa shape index (κ3) is 4.98. The minimum atomic E-state index is -4.43. The van der Waals surface area contributed by atoms with Crippen molar-refractivity contribution in [2.24, 2.45) is 0 Å². The van der Waals surface area contributed by atoms with Crippen LogP contribution in [-0.2, 0) is 12.8 Å². The van der Waals surface area contributed by atoms with Crippen LogP contribution in [-0.4, -0.2) is 17.1 Å². The van der Waals surface area contributed by atoms with Gasteiger partial charge in [-0.25, -0.2) is 4.98 Å². The lowest BCUT2D eigenvalue weighted by molar-refractivity contribution is -0.137. The molecule has 1 unspecified atom stereocenters. The number of nitriles is 1. The van der Waals surface area contributed by atoms with E-state index < -0.39 is 11.7 Å². The largest absolute Gasteiger partial charge is 0.496 e. The number of rotatable bonds is 6. The molecule has 2 N–H and O–H groups in total. The Morgan fingerprint density at radius 2 is 1.94 bits per heavy atom. The highest BCUT2D eigenvalue weighted by molar-refractivity contribution is 5.71. The molecule has 0 aliphatic carbocycles. The topological polar surface area (TPSA) is 92.1 Å². The standard InChI is InChI=1S/C23H18F3N5O2/c1-32-21-8-18(33-13-17-5-3-15(11-29-17)23(24,25)26)6-7-19(21)20-12-30-22(31-20)14-2-4-16(9-27)28-10-14/h2-8,10-12,22,30-31H,13H2,1H3. The molecule has 0 bridgehead atoms. The summed E-state index contributed by atoms with van der Waals surface area (Å²) >= 11 is 0. The molecule has 1 aliphatic rings. The molecule has 1 aromatic carbocycles. The lowest BCUT2D eigenvalue weighted by Crippen LogP contribution is -2.22. The van der Waals surface area contributed by atoms with Crippen LogP contribution in [0.15, 0.2) is 61.1 Å². The number of hydrogen-bond acceptors (Lipinski definition) is 7. The fraction of sp³-hybridized carbons (Fsp3) is 0.174. The maximum absolute atomic E-state index is 12.7. The van der Waals surface area contributed by atoms with E-state index in [1.54, 1.807) is 24.4 Å². The number of nitrogens with zero attached hydrogens (tertiary/aromatic N) is 3. The fourth-order valence-corrected chi connectivity index (χ4v) is 3.20. The van der Waals surface area contributed by atoms with E-state index in [0.29, 0.717) is 22.9 Å².